The molecule has 0 unspecified atom stereocenters. The first-order valence-electron chi connectivity index (χ1n) is 5.64. The Balaban J connectivity index is 1.92. The van der Waals surface area contributed by atoms with Crippen LogP contribution in [0.5, 0.6) is 0 Å². The van der Waals surface area contributed by atoms with Crippen LogP contribution >= 0.6 is 11.3 Å². The first kappa shape index (κ1) is 11.2. The highest BCUT2D eigenvalue weighted by molar-refractivity contribution is 7.09. The quantitative estimate of drug-likeness (QED) is 0.673. The summed E-state index contributed by atoms with van der Waals surface area (Å²) in [6, 6.07) is 7.56. The standard InChI is InChI=1S/C14H11NO2S/c1-9-15-10(8-18-9)6-13(16)12-7-17-14-5-3-2-4-11(12)14/h2-5,7-8H,6H2,1H3. The number of para-hydroxylation sites is 1. The fourth-order valence-corrected chi connectivity index (χ4v) is 2.56. The van der Waals surface area contributed by atoms with Gasteiger partial charge in [-0.3, -0.25) is 4.79 Å². The molecule has 1 aromatic carbocycles. The Bertz CT molecular complexity index is 711. The molecule has 0 N–H and O–H groups in total. The van der Waals surface area contributed by atoms with E-state index >= 15 is 0 Å². The summed E-state index contributed by atoms with van der Waals surface area (Å²) in [5, 5.41) is 3.78. The highest BCUT2D eigenvalue weighted by Crippen LogP contribution is 2.22. The summed E-state index contributed by atoms with van der Waals surface area (Å²) < 4.78 is 5.37. The highest BCUT2D eigenvalue weighted by atomic mass is 32.1. The van der Waals surface area contributed by atoms with Crippen molar-refractivity contribution in [1.82, 2.24) is 4.98 Å². The summed E-state index contributed by atoms with van der Waals surface area (Å²) in [7, 11) is 0. The molecule has 0 saturated carbocycles. The third kappa shape index (κ3) is 1.95. The van der Waals surface area contributed by atoms with Crippen molar-refractivity contribution >= 4 is 28.1 Å². The van der Waals surface area contributed by atoms with E-state index in [1.807, 2.05) is 36.6 Å². The van der Waals surface area contributed by atoms with E-state index in [-0.39, 0.29) is 5.78 Å². The minimum absolute atomic E-state index is 0.0465. The molecule has 3 rings (SSSR count). The van der Waals surface area contributed by atoms with Gasteiger partial charge in [-0.15, -0.1) is 11.3 Å². The summed E-state index contributed by atoms with van der Waals surface area (Å²) >= 11 is 1.56. The second-order valence-electron chi connectivity index (χ2n) is 4.10. The van der Waals surface area contributed by atoms with Crippen LogP contribution in [0.1, 0.15) is 21.1 Å². The lowest BCUT2D eigenvalue weighted by molar-refractivity contribution is 0.0993. The van der Waals surface area contributed by atoms with E-state index in [1.165, 1.54) is 6.26 Å². The van der Waals surface area contributed by atoms with E-state index in [1.54, 1.807) is 11.3 Å². The molecule has 4 heteroatoms. The van der Waals surface area contributed by atoms with Gasteiger partial charge in [0.05, 0.1) is 22.7 Å². The van der Waals surface area contributed by atoms with Crippen LogP contribution in [0.15, 0.2) is 40.3 Å². The Morgan fingerprint density at radius 3 is 3.00 bits per heavy atom. The molecule has 2 aromatic heterocycles. The predicted molar refractivity (Wildman–Crippen MR) is 71.1 cm³/mol. The van der Waals surface area contributed by atoms with Gasteiger partial charge in [-0.1, -0.05) is 18.2 Å². The SMILES string of the molecule is Cc1nc(CC(=O)c2coc3ccccc23)cs1. The van der Waals surface area contributed by atoms with Crippen LogP contribution in [0.25, 0.3) is 11.0 Å². The van der Waals surface area contributed by atoms with Gasteiger partial charge in [0.2, 0.25) is 0 Å². The fraction of sp³-hybridized carbons (Fsp3) is 0.143. The number of carbonyl (C=O) groups excluding carboxylic acids is 1. The van der Waals surface area contributed by atoms with Crippen molar-refractivity contribution < 1.29 is 9.21 Å². The van der Waals surface area contributed by atoms with Crippen molar-refractivity contribution in [3.8, 4) is 0 Å². The van der Waals surface area contributed by atoms with Crippen LogP contribution in [0, 0.1) is 6.92 Å². The molecule has 90 valence electrons. The molecule has 0 spiro atoms. The van der Waals surface area contributed by atoms with Gasteiger partial charge in [0.1, 0.15) is 11.8 Å². The van der Waals surface area contributed by atoms with Gasteiger partial charge in [0.15, 0.2) is 5.78 Å². The molecule has 3 nitrogen and oxygen atoms in total. The van der Waals surface area contributed by atoms with Crippen molar-refractivity contribution in [2.24, 2.45) is 0 Å². The Morgan fingerprint density at radius 2 is 2.22 bits per heavy atom. The van der Waals surface area contributed by atoms with E-state index in [4.69, 9.17) is 4.42 Å². The number of fused-ring (bicyclic) bond motifs is 1. The number of hydrogen-bond acceptors (Lipinski definition) is 4. The minimum atomic E-state index is 0.0465. The van der Waals surface area contributed by atoms with Gasteiger partial charge in [-0.25, -0.2) is 4.98 Å². The number of furan rings is 1. The molecule has 0 amide bonds. The molecule has 0 bridgehead atoms. The molecule has 18 heavy (non-hydrogen) atoms. The molecule has 0 radical (unpaired) electrons. The number of hydrogen-bond donors (Lipinski definition) is 0. The largest absolute Gasteiger partial charge is 0.464 e. The van der Waals surface area contributed by atoms with Gasteiger partial charge >= 0.3 is 0 Å². The number of rotatable bonds is 3. The molecule has 0 atom stereocenters. The topological polar surface area (TPSA) is 43.1 Å². The molecule has 0 saturated heterocycles. The Hall–Kier alpha value is -1.94. The van der Waals surface area contributed by atoms with Crippen LogP contribution in [-0.4, -0.2) is 10.8 Å². The second-order valence-corrected chi connectivity index (χ2v) is 5.17. The van der Waals surface area contributed by atoms with E-state index in [9.17, 15) is 4.79 Å². The van der Waals surface area contributed by atoms with Crippen LogP contribution in [0.4, 0.5) is 0 Å². The maximum atomic E-state index is 12.2. The average molecular weight is 257 g/mol. The van der Waals surface area contributed by atoms with Crippen molar-refractivity contribution in [3.05, 3.63) is 52.2 Å². The van der Waals surface area contributed by atoms with E-state index in [0.29, 0.717) is 12.0 Å². The van der Waals surface area contributed by atoms with Gasteiger partial charge < -0.3 is 4.42 Å². The maximum absolute atomic E-state index is 12.2. The third-order valence-corrected chi connectivity index (χ3v) is 3.61. The zero-order valence-corrected chi connectivity index (χ0v) is 10.7. The molecular weight excluding hydrogens is 246 g/mol. The summed E-state index contributed by atoms with van der Waals surface area (Å²) in [4.78, 5) is 16.5. The Labute approximate surface area is 108 Å². The average Bonchev–Trinajstić information content (AvgIpc) is 2.95. The van der Waals surface area contributed by atoms with E-state index < -0.39 is 0 Å². The Kier molecular flexibility index (Phi) is 2.72. The molecule has 0 aliphatic carbocycles. The van der Waals surface area contributed by atoms with Gasteiger partial charge in [0, 0.05) is 10.8 Å². The third-order valence-electron chi connectivity index (χ3n) is 2.79. The van der Waals surface area contributed by atoms with Crippen molar-refractivity contribution in [2.45, 2.75) is 13.3 Å². The number of thiazole rings is 1. The van der Waals surface area contributed by atoms with Gasteiger partial charge in [0.25, 0.3) is 0 Å². The number of nitrogens with zero attached hydrogens (tertiary/aromatic N) is 1. The summed E-state index contributed by atoms with van der Waals surface area (Å²) in [5.74, 6) is 0.0465. The molecule has 2 heterocycles. The van der Waals surface area contributed by atoms with Crippen LogP contribution in [0.3, 0.4) is 0 Å². The first-order chi connectivity index (χ1) is 8.74. The number of carbonyl (C=O) groups is 1. The van der Waals surface area contributed by atoms with E-state index in [2.05, 4.69) is 4.98 Å². The predicted octanol–water partition coefficient (Wildman–Crippen LogP) is 3.62. The number of aryl methyl sites for hydroxylation is 1. The lowest BCUT2D eigenvalue weighted by atomic mass is 10.1. The fourth-order valence-electron chi connectivity index (χ4n) is 1.94. The lowest BCUT2D eigenvalue weighted by Crippen LogP contribution is -2.02. The Morgan fingerprint density at radius 1 is 1.39 bits per heavy atom. The van der Waals surface area contributed by atoms with Gasteiger partial charge in [-0.05, 0) is 13.0 Å². The van der Waals surface area contributed by atoms with Crippen molar-refractivity contribution in [2.75, 3.05) is 0 Å². The molecule has 3 aromatic rings. The zero-order valence-electron chi connectivity index (χ0n) is 9.84. The van der Waals surface area contributed by atoms with Crippen LogP contribution in [0.2, 0.25) is 0 Å². The smallest absolute Gasteiger partial charge is 0.172 e. The first-order valence-corrected chi connectivity index (χ1v) is 6.52. The van der Waals surface area contributed by atoms with Crippen LogP contribution in [-0.2, 0) is 6.42 Å². The summed E-state index contributed by atoms with van der Waals surface area (Å²) in [6.45, 7) is 1.94. The molecule has 0 aliphatic rings. The maximum Gasteiger partial charge on any atom is 0.172 e. The highest BCUT2D eigenvalue weighted by Gasteiger charge is 2.14. The van der Waals surface area contributed by atoms with E-state index in [0.717, 1.165) is 21.7 Å². The molecule has 0 fully saturated rings. The number of Topliss-reactive ketones (excluding diaryl/α,β-unsaturated/α-hetero) is 1. The molecule has 0 aliphatic heterocycles. The monoisotopic (exact) mass is 257 g/mol. The second kappa shape index (κ2) is 4.38. The number of ketones is 1. The number of benzene rings is 1. The minimum Gasteiger partial charge on any atom is -0.464 e. The lowest BCUT2D eigenvalue weighted by Gasteiger charge is -1.95. The van der Waals surface area contributed by atoms with Crippen molar-refractivity contribution in [1.29, 1.82) is 0 Å². The normalized spacial score (nSPS) is 10.9. The van der Waals surface area contributed by atoms with Crippen LogP contribution < -0.4 is 0 Å². The summed E-state index contributed by atoms with van der Waals surface area (Å²) in [5.41, 5.74) is 2.21. The molecular formula is C14H11NO2S. The summed E-state index contributed by atoms with van der Waals surface area (Å²) in [6.07, 6.45) is 1.86. The number of aromatic nitrogens is 1. The van der Waals surface area contributed by atoms with Gasteiger partial charge in [-0.2, -0.15) is 0 Å². The van der Waals surface area contributed by atoms with Crippen molar-refractivity contribution in [3.63, 3.8) is 0 Å². The zero-order chi connectivity index (χ0) is 12.5.